The standard InChI is InChI=1S/C13H18ClNO2S/c1-13(2,8-15-5-3-4-6-15)9-7-10(12(16)17)18-11(9)14/h7H,3-6,8H2,1-2H3,(H,16,17). The van der Waals surface area contributed by atoms with Crippen LogP contribution in [0.25, 0.3) is 0 Å². The zero-order valence-corrected chi connectivity index (χ0v) is 12.3. The van der Waals surface area contributed by atoms with Crippen molar-refractivity contribution in [2.24, 2.45) is 0 Å². The number of hydrogen-bond donors (Lipinski definition) is 1. The normalized spacial score (nSPS) is 17.3. The smallest absolute Gasteiger partial charge is 0.345 e. The van der Waals surface area contributed by atoms with Crippen LogP contribution in [0, 0.1) is 0 Å². The molecular formula is C13H18ClNO2S. The van der Waals surface area contributed by atoms with Gasteiger partial charge in [0.05, 0.1) is 4.34 Å². The Morgan fingerprint density at radius 2 is 2.11 bits per heavy atom. The number of carbonyl (C=O) groups is 1. The van der Waals surface area contributed by atoms with E-state index < -0.39 is 5.97 Å². The van der Waals surface area contributed by atoms with Gasteiger partial charge in [-0.25, -0.2) is 4.79 Å². The van der Waals surface area contributed by atoms with E-state index in [2.05, 4.69) is 18.7 Å². The van der Waals surface area contributed by atoms with Crippen molar-refractivity contribution in [1.82, 2.24) is 4.90 Å². The third-order valence-corrected chi connectivity index (χ3v) is 4.79. The maximum Gasteiger partial charge on any atom is 0.345 e. The highest BCUT2D eigenvalue weighted by molar-refractivity contribution is 7.18. The van der Waals surface area contributed by atoms with E-state index in [0.717, 1.165) is 36.5 Å². The molecule has 1 saturated heterocycles. The molecule has 0 unspecified atom stereocenters. The van der Waals surface area contributed by atoms with Crippen LogP contribution in [0.4, 0.5) is 0 Å². The van der Waals surface area contributed by atoms with Gasteiger partial charge in [0.25, 0.3) is 0 Å². The zero-order chi connectivity index (χ0) is 13.3. The van der Waals surface area contributed by atoms with E-state index in [4.69, 9.17) is 16.7 Å². The molecule has 0 spiro atoms. The predicted molar refractivity (Wildman–Crippen MR) is 75.0 cm³/mol. The maximum absolute atomic E-state index is 11.0. The van der Waals surface area contributed by atoms with Crippen molar-refractivity contribution in [2.45, 2.75) is 32.1 Å². The van der Waals surface area contributed by atoms with E-state index in [0.29, 0.717) is 9.21 Å². The Labute approximate surface area is 116 Å². The van der Waals surface area contributed by atoms with Gasteiger partial charge in [0.15, 0.2) is 0 Å². The molecule has 2 heterocycles. The first-order chi connectivity index (χ1) is 8.40. The lowest BCUT2D eigenvalue weighted by molar-refractivity contribution is 0.0702. The van der Waals surface area contributed by atoms with Crippen molar-refractivity contribution in [3.8, 4) is 0 Å². The summed E-state index contributed by atoms with van der Waals surface area (Å²) in [5.41, 5.74) is 0.851. The number of rotatable bonds is 4. The van der Waals surface area contributed by atoms with E-state index in [1.54, 1.807) is 6.07 Å². The first-order valence-electron chi connectivity index (χ1n) is 6.15. The number of thiophene rings is 1. The predicted octanol–water partition coefficient (Wildman–Crippen LogP) is 3.47. The minimum atomic E-state index is -0.898. The summed E-state index contributed by atoms with van der Waals surface area (Å²) in [6.07, 6.45) is 2.52. The molecule has 0 aliphatic carbocycles. The van der Waals surface area contributed by atoms with Gasteiger partial charge >= 0.3 is 5.97 Å². The molecule has 5 heteroatoms. The highest BCUT2D eigenvalue weighted by Crippen LogP contribution is 2.37. The third-order valence-electron chi connectivity index (χ3n) is 3.44. The van der Waals surface area contributed by atoms with E-state index >= 15 is 0 Å². The average Bonchev–Trinajstić information content (AvgIpc) is 2.86. The Morgan fingerprint density at radius 3 is 2.61 bits per heavy atom. The summed E-state index contributed by atoms with van der Waals surface area (Å²) < 4.78 is 0.608. The molecule has 3 nitrogen and oxygen atoms in total. The fourth-order valence-corrected chi connectivity index (χ4v) is 3.98. The summed E-state index contributed by atoms with van der Waals surface area (Å²) in [5, 5.41) is 9.01. The number of likely N-dealkylation sites (tertiary alicyclic amines) is 1. The lowest BCUT2D eigenvalue weighted by Gasteiger charge is -2.30. The number of halogens is 1. The molecule has 0 atom stereocenters. The summed E-state index contributed by atoms with van der Waals surface area (Å²) >= 11 is 7.35. The fraction of sp³-hybridized carbons (Fsp3) is 0.615. The summed E-state index contributed by atoms with van der Waals surface area (Å²) in [4.78, 5) is 13.7. The Kier molecular flexibility index (Phi) is 3.99. The van der Waals surface area contributed by atoms with Crippen LogP contribution in [0.2, 0.25) is 4.34 Å². The third kappa shape index (κ3) is 2.87. The SMILES string of the molecule is CC(C)(CN1CCCC1)c1cc(C(=O)O)sc1Cl. The Balaban J connectivity index is 2.19. The first kappa shape index (κ1) is 13.8. The fourth-order valence-electron chi connectivity index (χ4n) is 2.52. The van der Waals surface area contributed by atoms with E-state index in [9.17, 15) is 4.79 Å². The molecule has 18 heavy (non-hydrogen) atoms. The Hall–Kier alpha value is -0.580. The number of carboxylic acid groups (broad SMARTS) is 1. The van der Waals surface area contributed by atoms with Crippen molar-refractivity contribution < 1.29 is 9.90 Å². The van der Waals surface area contributed by atoms with Crippen LogP contribution in [0.3, 0.4) is 0 Å². The highest BCUT2D eigenvalue weighted by atomic mass is 35.5. The lowest BCUT2D eigenvalue weighted by atomic mass is 9.85. The molecule has 2 rings (SSSR count). The van der Waals surface area contributed by atoms with Crippen LogP contribution in [0.1, 0.15) is 41.9 Å². The Bertz CT molecular complexity index is 450. The lowest BCUT2D eigenvalue weighted by Crippen LogP contribution is -2.35. The Morgan fingerprint density at radius 1 is 1.50 bits per heavy atom. The van der Waals surface area contributed by atoms with Crippen LogP contribution in [0.5, 0.6) is 0 Å². The van der Waals surface area contributed by atoms with Gasteiger partial charge in [-0.05, 0) is 37.6 Å². The molecule has 0 radical (unpaired) electrons. The van der Waals surface area contributed by atoms with Crippen LogP contribution in [-0.4, -0.2) is 35.6 Å². The van der Waals surface area contributed by atoms with E-state index in [1.165, 1.54) is 12.8 Å². The van der Waals surface area contributed by atoms with Gasteiger partial charge < -0.3 is 10.0 Å². The number of carboxylic acids is 1. The van der Waals surface area contributed by atoms with E-state index in [-0.39, 0.29) is 5.41 Å². The van der Waals surface area contributed by atoms with Gasteiger partial charge in [0.2, 0.25) is 0 Å². The van der Waals surface area contributed by atoms with Crippen molar-refractivity contribution in [1.29, 1.82) is 0 Å². The largest absolute Gasteiger partial charge is 0.477 e. The minimum absolute atomic E-state index is 0.106. The molecule has 1 N–H and O–H groups in total. The summed E-state index contributed by atoms with van der Waals surface area (Å²) in [7, 11) is 0. The first-order valence-corrected chi connectivity index (χ1v) is 7.35. The average molecular weight is 288 g/mol. The number of hydrogen-bond acceptors (Lipinski definition) is 3. The van der Waals surface area contributed by atoms with Crippen LogP contribution in [0.15, 0.2) is 6.07 Å². The van der Waals surface area contributed by atoms with Crippen molar-refractivity contribution >= 4 is 28.9 Å². The number of nitrogens with zero attached hydrogens (tertiary/aromatic N) is 1. The summed E-state index contributed by atoms with van der Waals surface area (Å²) in [5.74, 6) is -0.898. The van der Waals surface area contributed by atoms with Crippen molar-refractivity contribution in [3.63, 3.8) is 0 Å². The molecule has 1 aromatic heterocycles. The molecule has 0 saturated carbocycles. The maximum atomic E-state index is 11.0. The molecule has 1 aliphatic heterocycles. The van der Waals surface area contributed by atoms with Crippen molar-refractivity contribution in [2.75, 3.05) is 19.6 Å². The molecular weight excluding hydrogens is 270 g/mol. The van der Waals surface area contributed by atoms with Gasteiger partial charge in [-0.15, -0.1) is 11.3 Å². The van der Waals surface area contributed by atoms with Crippen molar-refractivity contribution in [3.05, 3.63) is 20.8 Å². The van der Waals surface area contributed by atoms with Gasteiger partial charge in [-0.1, -0.05) is 25.4 Å². The second-order valence-corrected chi connectivity index (χ2v) is 7.12. The van der Waals surface area contributed by atoms with E-state index in [1.807, 2.05) is 0 Å². The molecule has 1 aliphatic rings. The second-order valence-electron chi connectivity index (χ2n) is 5.47. The summed E-state index contributed by atoms with van der Waals surface area (Å²) in [6, 6.07) is 1.73. The minimum Gasteiger partial charge on any atom is -0.477 e. The van der Waals surface area contributed by atoms with Gasteiger partial charge in [-0.3, -0.25) is 0 Å². The molecule has 1 fully saturated rings. The molecule has 1 aromatic rings. The summed E-state index contributed by atoms with van der Waals surface area (Å²) in [6.45, 7) is 7.46. The van der Waals surface area contributed by atoms with Crippen LogP contribution >= 0.6 is 22.9 Å². The van der Waals surface area contributed by atoms with Crippen LogP contribution in [-0.2, 0) is 5.41 Å². The topological polar surface area (TPSA) is 40.5 Å². The molecule has 0 bridgehead atoms. The zero-order valence-electron chi connectivity index (χ0n) is 10.7. The molecule has 0 amide bonds. The second kappa shape index (κ2) is 5.19. The quantitative estimate of drug-likeness (QED) is 0.922. The monoisotopic (exact) mass is 287 g/mol. The van der Waals surface area contributed by atoms with Gasteiger partial charge in [0.1, 0.15) is 4.88 Å². The number of aromatic carboxylic acids is 1. The van der Waals surface area contributed by atoms with Gasteiger partial charge in [0, 0.05) is 12.0 Å². The van der Waals surface area contributed by atoms with Crippen LogP contribution < -0.4 is 0 Å². The highest BCUT2D eigenvalue weighted by Gasteiger charge is 2.29. The molecule has 100 valence electrons. The van der Waals surface area contributed by atoms with Gasteiger partial charge in [-0.2, -0.15) is 0 Å². The molecule has 0 aromatic carbocycles.